The summed E-state index contributed by atoms with van der Waals surface area (Å²) < 4.78 is 6.78. The van der Waals surface area contributed by atoms with Crippen LogP contribution in [0.25, 0.3) is 0 Å². The molecule has 1 aliphatic rings. The second kappa shape index (κ2) is 8.26. The summed E-state index contributed by atoms with van der Waals surface area (Å²) in [6, 6.07) is 15.3. The molecule has 0 fully saturated rings. The molecule has 2 aromatic carbocycles. The molecule has 0 saturated heterocycles. The average Bonchev–Trinajstić information content (AvgIpc) is 3.10. The maximum absolute atomic E-state index is 11.9. The molecule has 1 N–H and O–H groups in total. The zero-order valence-corrected chi connectivity index (χ0v) is 15.0. The second-order valence-corrected chi connectivity index (χ2v) is 7.58. The third-order valence-electron chi connectivity index (χ3n) is 3.28. The molecule has 1 amide bonds. The fourth-order valence-corrected chi connectivity index (χ4v) is 3.89. The third kappa shape index (κ3) is 5.04. The van der Waals surface area contributed by atoms with E-state index >= 15 is 0 Å². The molecule has 0 radical (unpaired) electrons. The lowest BCUT2D eigenvalue weighted by molar-refractivity contribution is -0.113. The predicted octanol–water partition coefficient (Wildman–Crippen LogP) is 4.56. The monoisotopic (exact) mass is 358 g/mol. The van der Waals surface area contributed by atoms with E-state index < -0.39 is 0 Å². The number of amides is 1. The van der Waals surface area contributed by atoms with Crippen LogP contribution < -0.4 is 10.1 Å². The molecule has 3 rings (SSSR count). The van der Waals surface area contributed by atoms with Crippen molar-refractivity contribution in [3.05, 3.63) is 54.1 Å². The van der Waals surface area contributed by atoms with E-state index in [-0.39, 0.29) is 5.91 Å². The molecule has 0 atom stereocenters. The van der Waals surface area contributed by atoms with Gasteiger partial charge < -0.3 is 10.1 Å². The highest BCUT2D eigenvalue weighted by Crippen LogP contribution is 2.24. The van der Waals surface area contributed by atoms with Crippen molar-refractivity contribution in [1.29, 1.82) is 0 Å². The van der Waals surface area contributed by atoms with Crippen molar-refractivity contribution in [3.8, 4) is 11.5 Å². The molecular formula is C18H18N2O2S2. The molecule has 0 aliphatic carbocycles. The van der Waals surface area contributed by atoms with E-state index in [4.69, 9.17) is 4.74 Å². The number of hydrogen-bond acceptors (Lipinski definition) is 5. The predicted molar refractivity (Wildman–Crippen MR) is 104 cm³/mol. The molecule has 4 nitrogen and oxygen atoms in total. The first-order valence-electron chi connectivity index (χ1n) is 7.63. The van der Waals surface area contributed by atoms with Gasteiger partial charge in [-0.3, -0.25) is 9.79 Å². The normalized spacial score (nSPS) is 13.5. The van der Waals surface area contributed by atoms with Gasteiger partial charge in [0, 0.05) is 11.4 Å². The zero-order valence-electron chi connectivity index (χ0n) is 13.3. The van der Waals surface area contributed by atoms with Gasteiger partial charge in [0.1, 0.15) is 15.9 Å². The largest absolute Gasteiger partial charge is 0.457 e. The van der Waals surface area contributed by atoms with Crippen molar-refractivity contribution in [2.75, 3.05) is 23.4 Å². The van der Waals surface area contributed by atoms with E-state index in [1.54, 1.807) is 11.8 Å². The van der Waals surface area contributed by atoms with Gasteiger partial charge in [-0.15, -0.1) is 0 Å². The summed E-state index contributed by atoms with van der Waals surface area (Å²) in [5.41, 5.74) is 1.96. The standard InChI is InChI=1S/C18H18N2O2S2/c1-13-2-6-15(7-3-13)22-16-8-4-14(5-9-16)20-17(21)12-24-18-19-10-11-23-18/h2-9H,10-12H2,1H3,(H,20,21). The summed E-state index contributed by atoms with van der Waals surface area (Å²) >= 11 is 3.20. The number of ether oxygens (including phenoxy) is 1. The molecule has 0 aromatic heterocycles. The van der Waals surface area contributed by atoms with Gasteiger partial charge in [0.15, 0.2) is 0 Å². The highest BCUT2D eigenvalue weighted by Gasteiger charge is 2.10. The van der Waals surface area contributed by atoms with Crippen molar-refractivity contribution < 1.29 is 9.53 Å². The maximum atomic E-state index is 11.9. The number of aryl methyl sites for hydroxylation is 1. The molecular weight excluding hydrogens is 340 g/mol. The number of nitrogens with one attached hydrogen (secondary N) is 1. The molecule has 0 unspecified atom stereocenters. The molecule has 1 aliphatic heterocycles. The number of carbonyl (C=O) groups excluding carboxylic acids is 1. The summed E-state index contributed by atoms with van der Waals surface area (Å²) in [7, 11) is 0. The number of aliphatic imine (C=N–C) groups is 1. The van der Waals surface area contributed by atoms with Crippen LogP contribution in [0, 0.1) is 6.92 Å². The van der Waals surface area contributed by atoms with Crippen LogP contribution in [0.4, 0.5) is 5.69 Å². The highest BCUT2D eigenvalue weighted by molar-refractivity contribution is 8.39. The number of hydrogen-bond donors (Lipinski definition) is 1. The smallest absolute Gasteiger partial charge is 0.234 e. The minimum atomic E-state index is -0.0256. The van der Waals surface area contributed by atoms with Gasteiger partial charge in [-0.05, 0) is 43.3 Å². The number of thioether (sulfide) groups is 2. The summed E-state index contributed by atoms with van der Waals surface area (Å²) in [6.07, 6.45) is 0. The fourth-order valence-electron chi connectivity index (χ4n) is 2.08. The SMILES string of the molecule is Cc1ccc(Oc2ccc(NC(=O)CSC3=NCCS3)cc2)cc1. The van der Waals surface area contributed by atoms with Crippen molar-refractivity contribution in [3.63, 3.8) is 0 Å². The Kier molecular flexibility index (Phi) is 5.82. The lowest BCUT2D eigenvalue weighted by Gasteiger charge is -2.08. The Balaban J connectivity index is 1.50. The Morgan fingerprint density at radius 3 is 2.46 bits per heavy atom. The van der Waals surface area contributed by atoms with Gasteiger partial charge >= 0.3 is 0 Å². The highest BCUT2D eigenvalue weighted by atomic mass is 32.2. The van der Waals surface area contributed by atoms with Crippen LogP contribution in [0.3, 0.4) is 0 Å². The molecule has 6 heteroatoms. The van der Waals surface area contributed by atoms with E-state index in [1.165, 1.54) is 17.3 Å². The van der Waals surface area contributed by atoms with Crippen molar-refractivity contribution in [2.24, 2.45) is 4.99 Å². The molecule has 0 spiro atoms. The lowest BCUT2D eigenvalue weighted by atomic mass is 10.2. The Morgan fingerprint density at radius 1 is 1.17 bits per heavy atom. The minimum absolute atomic E-state index is 0.0256. The first-order chi connectivity index (χ1) is 11.7. The van der Waals surface area contributed by atoms with Crippen molar-refractivity contribution >= 4 is 39.5 Å². The van der Waals surface area contributed by atoms with Gasteiger partial charge in [-0.25, -0.2) is 0 Å². The van der Waals surface area contributed by atoms with Gasteiger partial charge in [-0.2, -0.15) is 0 Å². The molecule has 0 bridgehead atoms. The van der Waals surface area contributed by atoms with Crippen LogP contribution in [0.2, 0.25) is 0 Å². The molecule has 0 saturated carbocycles. The van der Waals surface area contributed by atoms with Gasteiger partial charge in [-0.1, -0.05) is 41.2 Å². The third-order valence-corrected chi connectivity index (χ3v) is 5.53. The minimum Gasteiger partial charge on any atom is -0.457 e. The van der Waals surface area contributed by atoms with Crippen LogP contribution in [-0.4, -0.2) is 28.3 Å². The quantitative estimate of drug-likeness (QED) is 0.851. The van der Waals surface area contributed by atoms with Crippen LogP contribution in [0.1, 0.15) is 5.56 Å². The lowest BCUT2D eigenvalue weighted by Crippen LogP contribution is -2.14. The number of carbonyl (C=O) groups is 1. The number of anilines is 1. The topological polar surface area (TPSA) is 50.7 Å². The zero-order chi connectivity index (χ0) is 16.8. The first kappa shape index (κ1) is 16.9. The van der Waals surface area contributed by atoms with Crippen molar-refractivity contribution in [2.45, 2.75) is 6.92 Å². The fraction of sp³-hybridized carbons (Fsp3) is 0.222. The average molecular weight is 358 g/mol. The molecule has 124 valence electrons. The summed E-state index contributed by atoms with van der Waals surface area (Å²) in [6.45, 7) is 2.90. The molecule has 1 heterocycles. The number of rotatable bonds is 5. The Labute approximate surface area is 150 Å². The van der Waals surface area contributed by atoms with Gasteiger partial charge in [0.05, 0.1) is 12.3 Å². The van der Waals surface area contributed by atoms with E-state index in [2.05, 4.69) is 10.3 Å². The molecule has 2 aromatic rings. The maximum Gasteiger partial charge on any atom is 0.234 e. The van der Waals surface area contributed by atoms with E-state index in [9.17, 15) is 4.79 Å². The van der Waals surface area contributed by atoms with Crippen LogP contribution in [-0.2, 0) is 4.79 Å². The van der Waals surface area contributed by atoms with Crippen molar-refractivity contribution in [1.82, 2.24) is 0 Å². The second-order valence-electron chi connectivity index (χ2n) is 5.27. The number of nitrogens with zero attached hydrogens (tertiary/aromatic N) is 1. The Morgan fingerprint density at radius 2 is 1.83 bits per heavy atom. The Hall–Kier alpha value is -1.92. The van der Waals surface area contributed by atoms with Crippen LogP contribution in [0.15, 0.2) is 53.5 Å². The van der Waals surface area contributed by atoms with Gasteiger partial charge in [0.2, 0.25) is 5.91 Å². The summed E-state index contributed by atoms with van der Waals surface area (Å²) in [5, 5.41) is 2.88. The van der Waals surface area contributed by atoms with Crippen LogP contribution in [0.5, 0.6) is 11.5 Å². The van der Waals surface area contributed by atoms with E-state index in [0.29, 0.717) is 5.75 Å². The van der Waals surface area contributed by atoms with Gasteiger partial charge in [0.25, 0.3) is 0 Å². The summed E-state index contributed by atoms with van der Waals surface area (Å²) in [4.78, 5) is 16.3. The Bertz CT molecular complexity index is 728. The van der Waals surface area contributed by atoms with E-state index in [1.807, 2.05) is 55.5 Å². The molecule has 24 heavy (non-hydrogen) atoms. The number of benzene rings is 2. The van der Waals surface area contributed by atoms with E-state index in [0.717, 1.165) is 33.9 Å². The van der Waals surface area contributed by atoms with Crippen LogP contribution >= 0.6 is 23.5 Å². The first-order valence-corrected chi connectivity index (χ1v) is 9.61. The summed E-state index contributed by atoms with van der Waals surface area (Å²) in [5.74, 6) is 2.91.